The molecule has 0 saturated carbocycles. The summed E-state index contributed by atoms with van der Waals surface area (Å²) < 4.78 is 5.48. The highest BCUT2D eigenvalue weighted by molar-refractivity contribution is 5.96. The van der Waals surface area contributed by atoms with Crippen molar-refractivity contribution in [3.63, 3.8) is 0 Å². The van der Waals surface area contributed by atoms with E-state index in [4.69, 9.17) is 10.5 Å². The Kier molecular flexibility index (Phi) is 4.95. The maximum Gasteiger partial charge on any atom is 0.241 e. The molecular formula is C14H19N3O3. The Morgan fingerprint density at radius 2 is 2.20 bits per heavy atom. The Morgan fingerprint density at radius 1 is 1.40 bits per heavy atom. The van der Waals surface area contributed by atoms with E-state index in [0.29, 0.717) is 11.4 Å². The van der Waals surface area contributed by atoms with Gasteiger partial charge >= 0.3 is 0 Å². The zero-order valence-corrected chi connectivity index (χ0v) is 11.2. The van der Waals surface area contributed by atoms with Crippen LogP contribution in [0.15, 0.2) is 24.3 Å². The van der Waals surface area contributed by atoms with Gasteiger partial charge in [0.05, 0.1) is 24.8 Å². The fraction of sp³-hybridized carbons (Fsp3) is 0.429. The van der Waals surface area contributed by atoms with Gasteiger partial charge in [-0.25, -0.2) is 0 Å². The minimum atomic E-state index is -0.415. The number of carbonyl (C=O) groups is 2. The van der Waals surface area contributed by atoms with Crippen molar-refractivity contribution in [1.82, 2.24) is 5.32 Å². The Balaban J connectivity index is 1.96. The molecule has 1 aliphatic rings. The molecule has 1 heterocycles. The summed E-state index contributed by atoms with van der Waals surface area (Å²) in [5, 5.41) is 5.99. The summed E-state index contributed by atoms with van der Waals surface area (Å²) in [6, 6.07) is 7.00. The molecule has 1 saturated heterocycles. The molecule has 108 valence electrons. The molecule has 0 aromatic heterocycles. The molecule has 0 radical (unpaired) electrons. The molecule has 0 aliphatic carbocycles. The number of para-hydroxylation sites is 2. The lowest BCUT2D eigenvalue weighted by molar-refractivity contribution is -0.119. The standard InChI is InChI=1S/C14H19N3O3/c15-13(18)7-9-20-12-6-2-1-4-10(12)17-14(19)11-5-3-8-16-11/h1-2,4,6,11,16H,3,5,7-9H2,(H2,15,18)(H,17,19). The van der Waals surface area contributed by atoms with Gasteiger partial charge < -0.3 is 21.1 Å². The molecule has 6 nitrogen and oxygen atoms in total. The number of carbonyl (C=O) groups excluding carboxylic acids is 2. The zero-order chi connectivity index (χ0) is 14.4. The largest absolute Gasteiger partial charge is 0.491 e. The third kappa shape index (κ3) is 3.96. The second kappa shape index (κ2) is 6.91. The van der Waals surface area contributed by atoms with E-state index in [1.54, 1.807) is 12.1 Å². The quantitative estimate of drug-likeness (QED) is 0.711. The molecule has 2 amide bonds. The highest BCUT2D eigenvalue weighted by Crippen LogP contribution is 2.24. The van der Waals surface area contributed by atoms with Crippen molar-refractivity contribution < 1.29 is 14.3 Å². The summed E-state index contributed by atoms with van der Waals surface area (Å²) in [7, 11) is 0. The van der Waals surface area contributed by atoms with Crippen molar-refractivity contribution >= 4 is 17.5 Å². The molecule has 1 aliphatic heterocycles. The first-order chi connectivity index (χ1) is 9.66. The van der Waals surface area contributed by atoms with E-state index in [1.807, 2.05) is 12.1 Å². The van der Waals surface area contributed by atoms with Gasteiger partial charge in [-0.05, 0) is 31.5 Å². The highest BCUT2D eigenvalue weighted by Gasteiger charge is 2.22. The zero-order valence-electron chi connectivity index (χ0n) is 11.2. The lowest BCUT2D eigenvalue weighted by atomic mass is 10.2. The van der Waals surface area contributed by atoms with Gasteiger partial charge in [-0.2, -0.15) is 0 Å². The summed E-state index contributed by atoms with van der Waals surface area (Å²) in [6.07, 6.45) is 2.00. The number of anilines is 1. The molecule has 0 bridgehead atoms. The molecule has 2 rings (SSSR count). The number of primary amides is 1. The Hall–Kier alpha value is -2.08. The van der Waals surface area contributed by atoms with E-state index in [1.165, 1.54) is 0 Å². The Morgan fingerprint density at radius 3 is 2.90 bits per heavy atom. The predicted molar refractivity (Wildman–Crippen MR) is 75.4 cm³/mol. The normalized spacial score (nSPS) is 17.7. The van der Waals surface area contributed by atoms with Crippen LogP contribution in [-0.4, -0.2) is 31.0 Å². The van der Waals surface area contributed by atoms with Gasteiger partial charge in [0.25, 0.3) is 0 Å². The summed E-state index contributed by atoms with van der Waals surface area (Å²) >= 11 is 0. The maximum absolute atomic E-state index is 12.0. The van der Waals surface area contributed by atoms with Gasteiger partial charge in [0.1, 0.15) is 5.75 Å². The third-order valence-corrected chi connectivity index (χ3v) is 3.13. The minimum Gasteiger partial charge on any atom is -0.491 e. The van der Waals surface area contributed by atoms with Crippen LogP contribution in [0.3, 0.4) is 0 Å². The maximum atomic E-state index is 12.0. The van der Waals surface area contributed by atoms with Crippen LogP contribution >= 0.6 is 0 Å². The summed E-state index contributed by atoms with van der Waals surface area (Å²) in [4.78, 5) is 22.7. The molecule has 0 spiro atoms. The lowest BCUT2D eigenvalue weighted by Crippen LogP contribution is -2.35. The molecule has 1 atom stereocenters. The van der Waals surface area contributed by atoms with Crippen LogP contribution in [-0.2, 0) is 9.59 Å². The first kappa shape index (κ1) is 14.3. The van der Waals surface area contributed by atoms with Gasteiger partial charge in [-0.3, -0.25) is 9.59 Å². The van der Waals surface area contributed by atoms with Crippen LogP contribution in [0.5, 0.6) is 5.75 Å². The van der Waals surface area contributed by atoms with Gasteiger partial charge in [-0.15, -0.1) is 0 Å². The fourth-order valence-electron chi connectivity index (χ4n) is 2.09. The number of hydrogen-bond acceptors (Lipinski definition) is 4. The number of rotatable bonds is 6. The second-order valence-electron chi connectivity index (χ2n) is 4.70. The van der Waals surface area contributed by atoms with Crippen LogP contribution in [0.1, 0.15) is 19.3 Å². The third-order valence-electron chi connectivity index (χ3n) is 3.13. The molecular weight excluding hydrogens is 258 g/mol. The smallest absolute Gasteiger partial charge is 0.241 e. The molecule has 1 aromatic carbocycles. The average Bonchev–Trinajstić information content (AvgIpc) is 2.94. The van der Waals surface area contributed by atoms with Crippen LogP contribution in [0.4, 0.5) is 5.69 Å². The summed E-state index contributed by atoms with van der Waals surface area (Å²) in [5.74, 6) is 0.0650. The minimum absolute atomic E-state index is 0.0616. The SMILES string of the molecule is NC(=O)CCOc1ccccc1NC(=O)C1CCCN1. The fourth-order valence-corrected chi connectivity index (χ4v) is 2.09. The summed E-state index contributed by atoms with van der Waals surface area (Å²) in [5.41, 5.74) is 5.67. The number of ether oxygens (including phenoxy) is 1. The Labute approximate surface area is 117 Å². The molecule has 4 N–H and O–H groups in total. The van der Waals surface area contributed by atoms with Crippen molar-refractivity contribution in [3.05, 3.63) is 24.3 Å². The van der Waals surface area contributed by atoms with E-state index in [0.717, 1.165) is 19.4 Å². The van der Waals surface area contributed by atoms with Crippen molar-refractivity contribution in [3.8, 4) is 5.75 Å². The number of benzene rings is 1. The van der Waals surface area contributed by atoms with E-state index in [9.17, 15) is 9.59 Å². The van der Waals surface area contributed by atoms with Crippen LogP contribution in [0, 0.1) is 0 Å². The van der Waals surface area contributed by atoms with E-state index in [-0.39, 0.29) is 25.0 Å². The number of nitrogens with one attached hydrogen (secondary N) is 2. The van der Waals surface area contributed by atoms with Crippen LogP contribution in [0.25, 0.3) is 0 Å². The Bertz CT molecular complexity index is 484. The van der Waals surface area contributed by atoms with Gasteiger partial charge in [0, 0.05) is 0 Å². The van der Waals surface area contributed by atoms with Gasteiger partial charge in [0.2, 0.25) is 11.8 Å². The van der Waals surface area contributed by atoms with Gasteiger partial charge in [0.15, 0.2) is 0 Å². The monoisotopic (exact) mass is 277 g/mol. The number of nitrogens with two attached hydrogens (primary N) is 1. The summed E-state index contributed by atoms with van der Waals surface area (Å²) in [6.45, 7) is 1.07. The van der Waals surface area contributed by atoms with Gasteiger partial charge in [-0.1, -0.05) is 12.1 Å². The van der Waals surface area contributed by atoms with E-state index < -0.39 is 5.91 Å². The molecule has 6 heteroatoms. The average molecular weight is 277 g/mol. The topological polar surface area (TPSA) is 93.5 Å². The predicted octanol–water partition coefficient (Wildman–Crippen LogP) is 0.631. The first-order valence-corrected chi connectivity index (χ1v) is 6.71. The van der Waals surface area contributed by atoms with Crippen molar-refractivity contribution in [1.29, 1.82) is 0 Å². The lowest BCUT2D eigenvalue weighted by Gasteiger charge is -2.14. The number of hydrogen-bond donors (Lipinski definition) is 3. The van der Waals surface area contributed by atoms with Crippen LogP contribution in [0.2, 0.25) is 0 Å². The van der Waals surface area contributed by atoms with Crippen LogP contribution < -0.4 is 21.1 Å². The number of amides is 2. The molecule has 1 aromatic rings. The van der Waals surface area contributed by atoms with Crippen molar-refractivity contribution in [2.75, 3.05) is 18.5 Å². The molecule has 20 heavy (non-hydrogen) atoms. The second-order valence-corrected chi connectivity index (χ2v) is 4.70. The van der Waals surface area contributed by atoms with Crippen molar-refractivity contribution in [2.24, 2.45) is 5.73 Å². The first-order valence-electron chi connectivity index (χ1n) is 6.71. The molecule has 1 unspecified atom stereocenters. The van der Waals surface area contributed by atoms with E-state index >= 15 is 0 Å². The highest BCUT2D eigenvalue weighted by atomic mass is 16.5. The molecule has 1 fully saturated rings. The van der Waals surface area contributed by atoms with E-state index in [2.05, 4.69) is 10.6 Å². The van der Waals surface area contributed by atoms with Crippen molar-refractivity contribution in [2.45, 2.75) is 25.3 Å².